The Morgan fingerprint density at radius 3 is 2.63 bits per heavy atom. The van der Waals surface area contributed by atoms with Gasteiger partial charge in [0.1, 0.15) is 0 Å². The molecule has 1 heterocycles. The van der Waals surface area contributed by atoms with E-state index in [2.05, 4.69) is 31.9 Å². The lowest BCUT2D eigenvalue weighted by molar-refractivity contribution is -0.385. The standard InChI is InChI=1S/C18H11Br2NO5S/c1-26-16-3-2-9(4-14(16)21(24)25)5-15(22)12-8-11-13(20)6-10(19)7-17(11)27-18(12)23/h2-4,6-8H,5H2,1H3. The molecule has 1 aromatic heterocycles. The van der Waals surface area contributed by atoms with Crippen molar-refractivity contribution in [2.75, 3.05) is 7.11 Å². The van der Waals surface area contributed by atoms with Crippen molar-refractivity contribution < 1.29 is 14.5 Å². The van der Waals surface area contributed by atoms with Crippen molar-refractivity contribution in [2.45, 2.75) is 6.42 Å². The number of ether oxygens (including phenoxy) is 1. The van der Waals surface area contributed by atoms with Gasteiger partial charge in [-0.05, 0) is 29.8 Å². The largest absolute Gasteiger partial charge is 0.490 e. The maximum absolute atomic E-state index is 12.7. The molecule has 138 valence electrons. The first kappa shape index (κ1) is 19.7. The van der Waals surface area contributed by atoms with E-state index in [0.717, 1.165) is 30.4 Å². The molecule has 0 N–H and O–H groups in total. The summed E-state index contributed by atoms with van der Waals surface area (Å²) in [5, 5.41) is 11.9. The molecular weight excluding hydrogens is 502 g/mol. The number of fused-ring (bicyclic) bond motifs is 1. The predicted octanol–water partition coefficient (Wildman–Crippen LogP) is 5.13. The van der Waals surface area contributed by atoms with Gasteiger partial charge in [-0.15, -0.1) is 0 Å². The van der Waals surface area contributed by atoms with Crippen LogP contribution in [0.3, 0.4) is 0 Å². The number of methoxy groups -OCH3 is 1. The first-order chi connectivity index (χ1) is 12.8. The third-order valence-electron chi connectivity index (χ3n) is 3.87. The summed E-state index contributed by atoms with van der Waals surface area (Å²) in [4.78, 5) is 35.6. The Bertz CT molecular complexity index is 1140. The minimum atomic E-state index is -0.571. The predicted molar refractivity (Wildman–Crippen MR) is 111 cm³/mol. The van der Waals surface area contributed by atoms with Gasteiger partial charge in [-0.3, -0.25) is 19.7 Å². The number of hydrogen-bond acceptors (Lipinski definition) is 6. The molecule has 0 amide bonds. The Kier molecular flexibility index (Phi) is 5.73. The zero-order valence-electron chi connectivity index (χ0n) is 13.8. The number of halogens is 2. The molecule has 2 aromatic carbocycles. The molecule has 0 aliphatic carbocycles. The summed E-state index contributed by atoms with van der Waals surface area (Å²) in [5.41, 5.74) is 0.278. The number of nitrogens with zero attached hydrogens (tertiary/aromatic N) is 1. The van der Waals surface area contributed by atoms with Crippen molar-refractivity contribution >= 4 is 64.8 Å². The molecule has 3 rings (SSSR count). The van der Waals surface area contributed by atoms with E-state index in [9.17, 15) is 19.7 Å². The number of ketones is 1. The molecule has 6 nitrogen and oxygen atoms in total. The normalized spacial score (nSPS) is 10.8. The molecule has 0 fully saturated rings. The Balaban J connectivity index is 1.99. The molecule has 27 heavy (non-hydrogen) atoms. The number of carbonyl (C=O) groups is 1. The van der Waals surface area contributed by atoms with Crippen molar-refractivity contribution in [3.05, 3.63) is 76.1 Å². The summed E-state index contributed by atoms with van der Waals surface area (Å²) >= 11 is 7.80. The Hall–Kier alpha value is -2.10. The van der Waals surface area contributed by atoms with Crippen molar-refractivity contribution in [3.8, 4) is 5.75 Å². The Morgan fingerprint density at radius 2 is 1.96 bits per heavy atom. The average molecular weight is 513 g/mol. The van der Waals surface area contributed by atoms with Gasteiger partial charge in [0.05, 0.1) is 17.6 Å². The number of nitro groups is 1. The van der Waals surface area contributed by atoms with Crippen LogP contribution in [0.25, 0.3) is 10.1 Å². The number of nitro benzene ring substituents is 1. The third kappa shape index (κ3) is 4.10. The number of hydrogen-bond donors (Lipinski definition) is 0. The summed E-state index contributed by atoms with van der Waals surface area (Å²) in [6.07, 6.45) is -0.119. The molecule has 0 radical (unpaired) electrons. The van der Waals surface area contributed by atoms with Crippen LogP contribution in [0.15, 0.2) is 50.1 Å². The maximum atomic E-state index is 12.7. The fourth-order valence-electron chi connectivity index (χ4n) is 2.61. The van der Waals surface area contributed by atoms with Crippen LogP contribution in [0.5, 0.6) is 5.75 Å². The highest BCUT2D eigenvalue weighted by Crippen LogP contribution is 2.31. The molecular formula is C18H11Br2NO5S. The third-order valence-corrected chi connectivity index (χ3v) is 5.95. The van der Waals surface area contributed by atoms with Gasteiger partial charge >= 0.3 is 5.69 Å². The van der Waals surface area contributed by atoms with Gasteiger partial charge in [0.2, 0.25) is 4.74 Å². The smallest absolute Gasteiger partial charge is 0.311 e. The van der Waals surface area contributed by atoms with E-state index < -0.39 is 10.7 Å². The Labute approximate surface area is 174 Å². The summed E-state index contributed by atoms with van der Waals surface area (Å²) in [6.45, 7) is 0. The second-order valence-corrected chi connectivity index (χ2v) is 8.39. The number of carbonyl (C=O) groups excluding carboxylic acids is 1. The van der Waals surface area contributed by atoms with Gasteiger partial charge in [0, 0.05) is 31.5 Å². The quantitative estimate of drug-likeness (QED) is 0.269. The van der Waals surface area contributed by atoms with Crippen molar-refractivity contribution in [1.29, 1.82) is 0 Å². The molecule has 0 aliphatic heterocycles. The summed E-state index contributed by atoms with van der Waals surface area (Å²) in [7, 11) is 1.34. The molecule has 0 unspecified atom stereocenters. The summed E-state index contributed by atoms with van der Waals surface area (Å²) in [5.74, 6) is -0.282. The molecule has 3 aromatic rings. The minimum absolute atomic E-state index is 0.0639. The van der Waals surface area contributed by atoms with Gasteiger partial charge in [0.15, 0.2) is 11.5 Å². The van der Waals surface area contributed by atoms with E-state index >= 15 is 0 Å². The lowest BCUT2D eigenvalue weighted by Gasteiger charge is -2.06. The van der Waals surface area contributed by atoms with Gasteiger partial charge in [-0.25, -0.2) is 0 Å². The van der Waals surface area contributed by atoms with Crippen LogP contribution < -0.4 is 9.48 Å². The highest BCUT2D eigenvalue weighted by Gasteiger charge is 2.19. The summed E-state index contributed by atoms with van der Waals surface area (Å²) in [6, 6.07) is 9.51. The molecule has 0 saturated heterocycles. The SMILES string of the molecule is COc1ccc(CC(=O)c2cc3c(Br)cc(Br)cc3sc2=O)cc1[N+](=O)[O-]. The maximum Gasteiger partial charge on any atom is 0.311 e. The van der Waals surface area contributed by atoms with Crippen LogP contribution in [0.2, 0.25) is 0 Å². The lowest BCUT2D eigenvalue weighted by Crippen LogP contribution is -2.14. The van der Waals surface area contributed by atoms with Crippen LogP contribution >= 0.6 is 43.2 Å². The van der Waals surface area contributed by atoms with Gasteiger partial charge in [-0.2, -0.15) is 0 Å². The first-order valence-electron chi connectivity index (χ1n) is 7.57. The fourth-order valence-corrected chi connectivity index (χ4v) is 5.18. The van der Waals surface area contributed by atoms with E-state index in [1.807, 2.05) is 12.1 Å². The van der Waals surface area contributed by atoms with Crippen LogP contribution in [-0.4, -0.2) is 17.8 Å². The topological polar surface area (TPSA) is 86.5 Å². The second-order valence-electron chi connectivity index (χ2n) is 5.61. The van der Waals surface area contributed by atoms with Crippen molar-refractivity contribution in [3.63, 3.8) is 0 Å². The van der Waals surface area contributed by atoms with Gasteiger partial charge < -0.3 is 4.74 Å². The first-order valence-corrected chi connectivity index (χ1v) is 9.98. The van der Waals surface area contributed by atoms with Crippen LogP contribution in [0.4, 0.5) is 5.69 Å². The number of Topliss-reactive ketones (excluding diaryl/α,β-unsaturated/α-hetero) is 1. The van der Waals surface area contributed by atoms with E-state index in [0.29, 0.717) is 5.56 Å². The van der Waals surface area contributed by atoms with Crippen molar-refractivity contribution in [1.82, 2.24) is 0 Å². The van der Waals surface area contributed by atoms with Gasteiger partial charge in [-0.1, -0.05) is 49.3 Å². The molecule has 0 spiro atoms. The van der Waals surface area contributed by atoms with Crippen LogP contribution in [-0.2, 0) is 6.42 Å². The molecule has 0 bridgehead atoms. The minimum Gasteiger partial charge on any atom is -0.490 e. The molecule has 0 atom stereocenters. The number of benzene rings is 2. The summed E-state index contributed by atoms with van der Waals surface area (Å²) < 4.78 is 6.94. The zero-order chi connectivity index (χ0) is 19.7. The second kappa shape index (κ2) is 7.87. The van der Waals surface area contributed by atoms with E-state index in [1.54, 1.807) is 12.1 Å². The van der Waals surface area contributed by atoms with Crippen LogP contribution in [0, 0.1) is 10.1 Å². The highest BCUT2D eigenvalue weighted by atomic mass is 79.9. The van der Waals surface area contributed by atoms with E-state index in [-0.39, 0.29) is 28.2 Å². The van der Waals surface area contributed by atoms with Crippen molar-refractivity contribution in [2.24, 2.45) is 0 Å². The fraction of sp³-hybridized carbons (Fsp3) is 0.111. The molecule has 0 saturated carbocycles. The monoisotopic (exact) mass is 511 g/mol. The van der Waals surface area contributed by atoms with Gasteiger partial charge in [0.25, 0.3) is 0 Å². The van der Waals surface area contributed by atoms with Crippen LogP contribution in [0.1, 0.15) is 15.9 Å². The molecule has 9 heteroatoms. The Morgan fingerprint density at radius 1 is 1.22 bits per heavy atom. The van der Waals surface area contributed by atoms with E-state index in [4.69, 9.17) is 4.74 Å². The highest BCUT2D eigenvalue weighted by molar-refractivity contribution is 9.11. The zero-order valence-corrected chi connectivity index (χ0v) is 17.8. The lowest BCUT2D eigenvalue weighted by atomic mass is 10.0. The molecule has 0 aliphatic rings. The van der Waals surface area contributed by atoms with E-state index in [1.165, 1.54) is 19.2 Å². The number of rotatable bonds is 5. The average Bonchev–Trinajstić information content (AvgIpc) is 2.60.